The predicted molar refractivity (Wildman–Crippen MR) is 72.2 cm³/mol. The van der Waals surface area contributed by atoms with Crippen LogP contribution in [0.15, 0.2) is 24.4 Å². The minimum absolute atomic E-state index is 0.0580. The summed E-state index contributed by atoms with van der Waals surface area (Å²) in [6, 6.07) is 4.58. The highest BCUT2D eigenvalue weighted by molar-refractivity contribution is 5.68. The van der Waals surface area contributed by atoms with Gasteiger partial charge in [-0.2, -0.15) is 0 Å². The number of morpholine rings is 1. The summed E-state index contributed by atoms with van der Waals surface area (Å²) < 4.78 is 5.21. The maximum absolute atomic E-state index is 11.1. The van der Waals surface area contributed by atoms with Crippen molar-refractivity contribution in [2.24, 2.45) is 0 Å². The average molecular weight is 279 g/mol. The van der Waals surface area contributed by atoms with Crippen molar-refractivity contribution in [1.29, 1.82) is 0 Å². The molecule has 0 unspecified atom stereocenters. The van der Waals surface area contributed by atoms with Gasteiger partial charge in [0.2, 0.25) is 6.20 Å². The molecule has 1 saturated heterocycles. The first-order valence-corrected chi connectivity index (χ1v) is 6.01. The number of ether oxygens (including phenoxy) is 1. The number of hydrogen-bond donors (Lipinski definition) is 0. The Hall–Kier alpha value is -2.48. The van der Waals surface area contributed by atoms with E-state index in [0.717, 1.165) is 6.20 Å². The second-order valence-corrected chi connectivity index (χ2v) is 4.21. The van der Waals surface area contributed by atoms with Gasteiger partial charge in [0.25, 0.3) is 5.69 Å². The Balaban J connectivity index is 2.32. The lowest BCUT2D eigenvalue weighted by Crippen LogP contribution is -2.36. The van der Waals surface area contributed by atoms with Crippen LogP contribution in [0.4, 0.5) is 11.4 Å². The van der Waals surface area contributed by atoms with Gasteiger partial charge < -0.3 is 9.64 Å². The largest absolute Gasteiger partial charge is 0.378 e. The SMILES string of the molecule is O=[N+]([O-])/C=C\c1ccc(N2CCOCC2)c([N+](=O)[O-])c1. The lowest BCUT2D eigenvalue weighted by Gasteiger charge is -2.28. The van der Waals surface area contributed by atoms with E-state index >= 15 is 0 Å². The molecule has 106 valence electrons. The lowest BCUT2D eigenvalue weighted by atomic mass is 10.1. The van der Waals surface area contributed by atoms with Crippen LogP contribution in [0.3, 0.4) is 0 Å². The van der Waals surface area contributed by atoms with Gasteiger partial charge in [-0.25, -0.2) is 0 Å². The molecule has 1 fully saturated rings. The van der Waals surface area contributed by atoms with Crippen molar-refractivity contribution in [1.82, 2.24) is 0 Å². The molecule has 0 amide bonds. The molecule has 0 saturated carbocycles. The van der Waals surface area contributed by atoms with Crippen LogP contribution in [0.5, 0.6) is 0 Å². The fourth-order valence-electron chi connectivity index (χ4n) is 2.01. The third kappa shape index (κ3) is 3.29. The molecule has 0 spiro atoms. The van der Waals surface area contributed by atoms with Gasteiger partial charge in [-0.05, 0) is 11.6 Å². The quantitative estimate of drug-likeness (QED) is 0.614. The Kier molecular flexibility index (Phi) is 4.26. The Morgan fingerprint density at radius 3 is 2.50 bits per heavy atom. The lowest BCUT2D eigenvalue weighted by molar-refractivity contribution is -0.400. The summed E-state index contributed by atoms with van der Waals surface area (Å²) in [5.74, 6) is 0. The van der Waals surface area contributed by atoms with E-state index < -0.39 is 9.85 Å². The van der Waals surface area contributed by atoms with E-state index in [9.17, 15) is 20.2 Å². The topological polar surface area (TPSA) is 98.8 Å². The first-order valence-electron chi connectivity index (χ1n) is 6.01. The van der Waals surface area contributed by atoms with Gasteiger partial charge in [-0.3, -0.25) is 20.2 Å². The number of anilines is 1. The molecule has 0 bridgehead atoms. The van der Waals surface area contributed by atoms with Gasteiger partial charge in [0.1, 0.15) is 5.69 Å². The zero-order valence-electron chi connectivity index (χ0n) is 10.6. The molecule has 0 aliphatic carbocycles. The predicted octanol–water partition coefficient (Wildman–Crippen LogP) is 1.68. The van der Waals surface area contributed by atoms with E-state index in [2.05, 4.69) is 0 Å². The summed E-state index contributed by atoms with van der Waals surface area (Å²) in [6.45, 7) is 2.23. The average Bonchev–Trinajstić information content (AvgIpc) is 2.45. The van der Waals surface area contributed by atoms with Gasteiger partial charge in [0.05, 0.1) is 23.1 Å². The number of benzene rings is 1. The summed E-state index contributed by atoms with van der Waals surface area (Å²) in [5.41, 5.74) is 0.874. The molecule has 1 aromatic rings. The van der Waals surface area contributed by atoms with Gasteiger partial charge in [-0.1, -0.05) is 6.07 Å². The molecule has 1 aromatic carbocycles. The van der Waals surface area contributed by atoms with E-state index in [1.54, 1.807) is 12.1 Å². The Labute approximate surface area is 114 Å². The number of hydrogen-bond acceptors (Lipinski definition) is 6. The van der Waals surface area contributed by atoms with Gasteiger partial charge in [0.15, 0.2) is 0 Å². The number of rotatable bonds is 4. The van der Waals surface area contributed by atoms with Gasteiger partial charge >= 0.3 is 0 Å². The van der Waals surface area contributed by atoms with Crippen molar-refractivity contribution < 1.29 is 14.6 Å². The molecule has 8 nitrogen and oxygen atoms in total. The smallest absolute Gasteiger partial charge is 0.293 e. The monoisotopic (exact) mass is 279 g/mol. The van der Waals surface area contributed by atoms with Crippen molar-refractivity contribution >= 4 is 17.5 Å². The highest BCUT2D eigenvalue weighted by Gasteiger charge is 2.21. The van der Waals surface area contributed by atoms with Crippen LogP contribution < -0.4 is 4.90 Å². The second kappa shape index (κ2) is 6.11. The zero-order valence-corrected chi connectivity index (χ0v) is 10.6. The molecule has 0 radical (unpaired) electrons. The Bertz CT molecular complexity index is 552. The highest BCUT2D eigenvalue weighted by Crippen LogP contribution is 2.30. The maximum Gasteiger partial charge on any atom is 0.293 e. The van der Waals surface area contributed by atoms with Crippen molar-refractivity contribution in [2.75, 3.05) is 31.2 Å². The molecular formula is C12H13N3O5. The molecule has 2 rings (SSSR count). The van der Waals surface area contributed by atoms with Gasteiger partial charge in [-0.15, -0.1) is 0 Å². The van der Waals surface area contributed by atoms with Crippen LogP contribution in [0.1, 0.15) is 5.56 Å². The third-order valence-electron chi connectivity index (χ3n) is 2.94. The standard InChI is InChI=1S/C12H13N3O5/c16-14(17)4-3-10-1-2-11(12(9-10)15(18)19)13-5-7-20-8-6-13/h1-4,9H,5-8H2/b4-3-. The maximum atomic E-state index is 11.1. The molecular weight excluding hydrogens is 266 g/mol. The van der Waals surface area contributed by atoms with Crippen LogP contribution in [0.25, 0.3) is 6.08 Å². The molecule has 1 heterocycles. The Morgan fingerprint density at radius 1 is 1.20 bits per heavy atom. The number of nitro benzene ring substituents is 1. The molecule has 1 aliphatic rings. The van der Waals surface area contributed by atoms with E-state index in [0.29, 0.717) is 37.6 Å². The van der Waals surface area contributed by atoms with E-state index in [1.165, 1.54) is 12.1 Å². The fourth-order valence-corrected chi connectivity index (χ4v) is 2.01. The van der Waals surface area contributed by atoms with Crippen molar-refractivity contribution in [3.63, 3.8) is 0 Å². The summed E-state index contributed by atoms with van der Waals surface area (Å²) in [5, 5.41) is 21.4. The van der Waals surface area contributed by atoms with E-state index in [1.807, 2.05) is 4.90 Å². The fraction of sp³-hybridized carbons (Fsp3) is 0.333. The van der Waals surface area contributed by atoms with Crippen molar-refractivity contribution in [3.8, 4) is 0 Å². The summed E-state index contributed by atoms with van der Waals surface area (Å²) in [4.78, 5) is 22.2. The molecule has 20 heavy (non-hydrogen) atoms. The molecule has 0 aromatic heterocycles. The molecule has 8 heteroatoms. The minimum Gasteiger partial charge on any atom is -0.378 e. The van der Waals surface area contributed by atoms with Crippen molar-refractivity contribution in [3.05, 3.63) is 50.2 Å². The van der Waals surface area contributed by atoms with Crippen LogP contribution in [0, 0.1) is 20.2 Å². The number of nitrogens with zero attached hydrogens (tertiary/aromatic N) is 3. The van der Waals surface area contributed by atoms with E-state index in [4.69, 9.17) is 4.74 Å². The van der Waals surface area contributed by atoms with E-state index in [-0.39, 0.29) is 5.69 Å². The summed E-state index contributed by atoms with van der Waals surface area (Å²) in [6.07, 6.45) is 1.99. The zero-order chi connectivity index (χ0) is 14.5. The van der Waals surface area contributed by atoms with Crippen LogP contribution in [-0.4, -0.2) is 36.1 Å². The first-order chi connectivity index (χ1) is 9.58. The Morgan fingerprint density at radius 2 is 1.90 bits per heavy atom. The van der Waals surface area contributed by atoms with Crippen LogP contribution in [-0.2, 0) is 4.74 Å². The number of nitro groups is 2. The first kappa shape index (κ1) is 13.9. The molecule has 1 aliphatic heterocycles. The minimum atomic E-state index is -0.609. The highest BCUT2D eigenvalue weighted by atomic mass is 16.6. The molecule has 0 N–H and O–H groups in total. The van der Waals surface area contributed by atoms with Gasteiger partial charge in [0, 0.05) is 25.2 Å². The normalized spacial score (nSPS) is 15.5. The third-order valence-corrected chi connectivity index (χ3v) is 2.94. The summed E-state index contributed by atoms with van der Waals surface area (Å²) >= 11 is 0. The molecule has 0 atom stereocenters. The van der Waals surface area contributed by atoms with Crippen LogP contribution in [0.2, 0.25) is 0 Å². The second-order valence-electron chi connectivity index (χ2n) is 4.21. The van der Waals surface area contributed by atoms with Crippen LogP contribution >= 0.6 is 0 Å². The summed E-state index contributed by atoms with van der Waals surface area (Å²) in [7, 11) is 0. The van der Waals surface area contributed by atoms with Crippen molar-refractivity contribution in [2.45, 2.75) is 0 Å².